The average molecular weight is 343 g/mol. The maximum atomic E-state index is 10.1. The van der Waals surface area contributed by atoms with Gasteiger partial charge in [-0.25, -0.2) is 9.97 Å². The summed E-state index contributed by atoms with van der Waals surface area (Å²) in [5.74, 6) is 1.41. The van der Waals surface area contributed by atoms with E-state index < -0.39 is 0 Å². The van der Waals surface area contributed by atoms with Crippen molar-refractivity contribution in [2.45, 2.75) is 26.2 Å². The first-order chi connectivity index (χ1) is 12.7. The Morgan fingerprint density at radius 2 is 1.85 bits per heavy atom. The Morgan fingerprint density at radius 1 is 1.12 bits per heavy atom. The van der Waals surface area contributed by atoms with Crippen LogP contribution in [0, 0.1) is 18.3 Å². The van der Waals surface area contributed by atoms with Crippen LogP contribution in [0.4, 0.5) is 0 Å². The summed E-state index contributed by atoms with van der Waals surface area (Å²) >= 11 is 0. The molecular weight excluding hydrogens is 326 g/mol. The minimum Gasteiger partial charge on any atom is -0.508 e. The van der Waals surface area contributed by atoms with Gasteiger partial charge in [-0.2, -0.15) is 5.26 Å². The van der Waals surface area contributed by atoms with Crippen LogP contribution < -0.4 is 4.74 Å². The van der Waals surface area contributed by atoms with Gasteiger partial charge >= 0.3 is 0 Å². The van der Waals surface area contributed by atoms with Gasteiger partial charge in [-0.1, -0.05) is 12.1 Å². The zero-order chi connectivity index (χ0) is 18.1. The molecule has 5 heteroatoms. The van der Waals surface area contributed by atoms with Gasteiger partial charge in [-0.05, 0) is 50.1 Å². The molecule has 5 nitrogen and oxygen atoms in total. The first-order valence-corrected chi connectivity index (χ1v) is 8.54. The largest absolute Gasteiger partial charge is 0.508 e. The number of hydrogen-bond donors (Lipinski definition) is 1. The second-order valence-corrected chi connectivity index (χ2v) is 6.22. The molecule has 128 valence electrons. The smallest absolute Gasteiger partial charge is 0.151 e. The highest BCUT2D eigenvalue weighted by Crippen LogP contribution is 2.45. The summed E-state index contributed by atoms with van der Waals surface area (Å²) in [6.07, 6.45) is 3.91. The molecule has 0 saturated heterocycles. The number of nitrogens with zero attached hydrogens (tertiary/aromatic N) is 3. The number of para-hydroxylation sites is 2. The Kier molecular flexibility index (Phi) is 4.02. The van der Waals surface area contributed by atoms with Gasteiger partial charge in [0.2, 0.25) is 0 Å². The van der Waals surface area contributed by atoms with E-state index >= 15 is 0 Å². The monoisotopic (exact) mass is 343 g/mol. The predicted octanol–water partition coefficient (Wildman–Crippen LogP) is 4.74. The molecule has 1 aromatic heterocycles. The lowest BCUT2D eigenvalue weighted by Crippen LogP contribution is -2.10. The lowest BCUT2D eigenvalue weighted by molar-refractivity contribution is 0.455. The van der Waals surface area contributed by atoms with Crippen molar-refractivity contribution in [3.8, 4) is 28.8 Å². The van der Waals surface area contributed by atoms with Crippen LogP contribution in [0.2, 0.25) is 0 Å². The molecule has 0 unspecified atom stereocenters. The maximum absolute atomic E-state index is 10.1. The molecule has 1 aliphatic rings. The maximum Gasteiger partial charge on any atom is 0.151 e. The highest BCUT2D eigenvalue weighted by Gasteiger charge is 2.27. The molecule has 0 spiro atoms. The van der Waals surface area contributed by atoms with Gasteiger partial charge in [-0.15, -0.1) is 0 Å². The lowest BCUT2D eigenvalue weighted by Gasteiger charge is -2.23. The van der Waals surface area contributed by atoms with Crippen LogP contribution in [0.1, 0.15) is 30.5 Å². The summed E-state index contributed by atoms with van der Waals surface area (Å²) in [5.41, 5.74) is 4.55. The van der Waals surface area contributed by atoms with Crippen molar-refractivity contribution in [1.82, 2.24) is 9.97 Å². The summed E-state index contributed by atoms with van der Waals surface area (Å²) in [6, 6.07) is 13.3. The normalized spacial score (nSPS) is 13.8. The summed E-state index contributed by atoms with van der Waals surface area (Å²) in [5, 5.41) is 18.8. The van der Waals surface area contributed by atoms with Gasteiger partial charge in [0.05, 0.1) is 17.1 Å². The molecule has 1 N–H and O–H groups in total. The molecule has 3 aromatic rings. The predicted molar refractivity (Wildman–Crippen MR) is 99.4 cm³/mol. The van der Waals surface area contributed by atoms with E-state index in [9.17, 15) is 5.11 Å². The van der Waals surface area contributed by atoms with Crippen molar-refractivity contribution >= 4 is 16.8 Å². The average Bonchev–Trinajstić information content (AvgIpc) is 2.67. The van der Waals surface area contributed by atoms with Crippen LogP contribution in [-0.2, 0) is 0 Å². The van der Waals surface area contributed by atoms with Crippen molar-refractivity contribution in [2.75, 3.05) is 0 Å². The summed E-state index contributed by atoms with van der Waals surface area (Å²) in [4.78, 5) is 9.57. The van der Waals surface area contributed by atoms with Gasteiger partial charge in [-0.3, -0.25) is 0 Å². The van der Waals surface area contributed by atoms with E-state index in [2.05, 4.69) is 6.07 Å². The van der Waals surface area contributed by atoms with Crippen molar-refractivity contribution in [2.24, 2.45) is 0 Å². The van der Waals surface area contributed by atoms with Crippen LogP contribution in [0.15, 0.2) is 42.5 Å². The molecule has 0 bridgehead atoms. The molecule has 0 amide bonds. The van der Waals surface area contributed by atoms with E-state index in [1.165, 1.54) is 0 Å². The van der Waals surface area contributed by atoms with E-state index in [1.54, 1.807) is 6.07 Å². The van der Waals surface area contributed by atoms with Crippen LogP contribution in [0.5, 0.6) is 11.5 Å². The molecule has 0 radical (unpaired) electrons. The number of ether oxygens (including phenoxy) is 1. The number of unbranched alkanes of at least 4 members (excludes halogenated alkanes) is 2. The number of fused-ring (bicyclic) bond motifs is 4. The van der Waals surface area contributed by atoms with E-state index in [1.807, 2.05) is 43.3 Å². The van der Waals surface area contributed by atoms with Gasteiger partial charge in [0.25, 0.3) is 0 Å². The van der Waals surface area contributed by atoms with Crippen LogP contribution in [0.25, 0.3) is 28.0 Å². The van der Waals surface area contributed by atoms with Crippen LogP contribution in [0.3, 0.4) is 0 Å². The molecule has 2 heterocycles. The first-order valence-electron chi connectivity index (χ1n) is 8.54. The fourth-order valence-electron chi connectivity index (χ4n) is 3.07. The van der Waals surface area contributed by atoms with E-state index in [-0.39, 0.29) is 5.75 Å². The number of nitriles is 1. The SMILES string of the molecule is Cc1c(O)ccc2c1O/C(=C\CCCC#N)c1nc3ccccc3nc1-2. The van der Waals surface area contributed by atoms with Crippen molar-refractivity contribution < 1.29 is 9.84 Å². The highest BCUT2D eigenvalue weighted by molar-refractivity contribution is 5.89. The number of aromatic hydroxyl groups is 1. The Balaban J connectivity index is 1.92. The zero-order valence-corrected chi connectivity index (χ0v) is 14.4. The summed E-state index contributed by atoms with van der Waals surface area (Å²) in [6.45, 7) is 1.82. The standard InChI is InChI=1S/C21H17N3O2/c1-13-17(25)11-10-14-19-20(24-16-8-5-4-7-15(16)23-19)18(26-21(13)14)9-3-2-6-12-22/h4-5,7-11,25H,2-3,6H2,1H3/b18-9-. The molecule has 0 fully saturated rings. The quantitative estimate of drug-likeness (QED) is 0.695. The van der Waals surface area contributed by atoms with Crippen molar-refractivity contribution in [3.63, 3.8) is 0 Å². The number of aromatic nitrogens is 2. The number of hydrogen-bond acceptors (Lipinski definition) is 5. The molecule has 4 rings (SSSR count). The van der Waals surface area contributed by atoms with Crippen LogP contribution in [-0.4, -0.2) is 15.1 Å². The summed E-state index contributed by atoms with van der Waals surface area (Å²) in [7, 11) is 0. The topological polar surface area (TPSA) is 79.0 Å². The minimum atomic E-state index is 0.185. The molecule has 1 aliphatic heterocycles. The molecule has 0 atom stereocenters. The third kappa shape index (κ3) is 2.66. The Labute approximate surface area is 151 Å². The molecule has 2 aromatic carbocycles. The van der Waals surface area contributed by atoms with E-state index in [0.717, 1.165) is 28.7 Å². The minimum absolute atomic E-state index is 0.185. The molecule has 0 saturated carbocycles. The first kappa shape index (κ1) is 16.1. The molecular formula is C21H17N3O2. The van der Waals surface area contributed by atoms with E-state index in [4.69, 9.17) is 20.0 Å². The van der Waals surface area contributed by atoms with Crippen molar-refractivity contribution in [1.29, 1.82) is 5.26 Å². The molecule has 0 aliphatic carbocycles. The molecule has 26 heavy (non-hydrogen) atoms. The van der Waals surface area contributed by atoms with Gasteiger partial charge in [0, 0.05) is 17.5 Å². The fourth-order valence-corrected chi connectivity index (χ4v) is 3.07. The number of benzene rings is 2. The second kappa shape index (κ2) is 6.49. The second-order valence-electron chi connectivity index (χ2n) is 6.22. The third-order valence-corrected chi connectivity index (χ3v) is 4.47. The Bertz CT molecular complexity index is 1080. The zero-order valence-electron chi connectivity index (χ0n) is 14.4. The van der Waals surface area contributed by atoms with Gasteiger partial charge in [0.15, 0.2) is 5.76 Å². The fraction of sp³-hybridized carbons (Fsp3) is 0.190. The van der Waals surface area contributed by atoms with Gasteiger partial charge < -0.3 is 9.84 Å². The lowest BCUT2D eigenvalue weighted by atomic mass is 9.99. The summed E-state index contributed by atoms with van der Waals surface area (Å²) < 4.78 is 6.11. The number of allylic oxidation sites excluding steroid dienone is 1. The van der Waals surface area contributed by atoms with E-state index in [0.29, 0.717) is 35.6 Å². The van der Waals surface area contributed by atoms with Crippen LogP contribution >= 0.6 is 0 Å². The van der Waals surface area contributed by atoms with Crippen molar-refractivity contribution in [3.05, 3.63) is 53.7 Å². The third-order valence-electron chi connectivity index (χ3n) is 4.47. The number of phenolic OH excluding ortho intramolecular Hbond substituents is 1. The number of phenols is 1. The Morgan fingerprint density at radius 3 is 2.58 bits per heavy atom. The van der Waals surface area contributed by atoms with Gasteiger partial charge in [0.1, 0.15) is 22.9 Å². The Hall–Kier alpha value is -3.39. The number of rotatable bonds is 3. The highest BCUT2D eigenvalue weighted by atomic mass is 16.5.